The molecule has 1 heterocycles. The summed E-state index contributed by atoms with van der Waals surface area (Å²) in [6, 6.07) is 0.521. The van der Waals surface area contributed by atoms with Crippen molar-refractivity contribution in [3.05, 3.63) is 0 Å². The zero-order valence-electron chi connectivity index (χ0n) is 9.45. The number of nitrogens with zero attached hydrogens (tertiary/aromatic N) is 1. The molecule has 0 radical (unpaired) electrons. The molecule has 0 aromatic rings. The van der Waals surface area contributed by atoms with E-state index in [1.807, 2.05) is 0 Å². The lowest BCUT2D eigenvalue weighted by atomic mass is 10.1. The first-order chi connectivity index (χ1) is 6.70. The number of ether oxygens (including phenoxy) is 1. The highest BCUT2D eigenvalue weighted by Crippen LogP contribution is 2.22. The molecular weight excluding hydrogens is 178 g/mol. The van der Waals surface area contributed by atoms with Gasteiger partial charge in [0.15, 0.2) is 0 Å². The Morgan fingerprint density at radius 3 is 2.93 bits per heavy atom. The van der Waals surface area contributed by atoms with Gasteiger partial charge < -0.3 is 4.74 Å². The van der Waals surface area contributed by atoms with Crippen LogP contribution in [0.2, 0.25) is 0 Å². The molecule has 0 saturated carbocycles. The Balaban J connectivity index is 2.54. The van der Waals surface area contributed by atoms with Crippen LogP contribution in [0.15, 0.2) is 0 Å². The SMILES string of the molecule is CCCC(C)N1CCCC1C(=O)OC. The summed E-state index contributed by atoms with van der Waals surface area (Å²) in [6.07, 6.45) is 4.41. The number of carbonyl (C=O) groups is 1. The van der Waals surface area contributed by atoms with Crippen LogP contribution in [0.1, 0.15) is 39.5 Å². The minimum absolute atomic E-state index is 0.0153. The quantitative estimate of drug-likeness (QED) is 0.647. The zero-order valence-corrected chi connectivity index (χ0v) is 9.45. The summed E-state index contributed by atoms with van der Waals surface area (Å²) in [5.41, 5.74) is 0. The molecule has 1 saturated heterocycles. The van der Waals surface area contributed by atoms with E-state index in [0.29, 0.717) is 6.04 Å². The van der Waals surface area contributed by atoms with E-state index in [-0.39, 0.29) is 12.0 Å². The second-order valence-electron chi connectivity index (χ2n) is 4.06. The second-order valence-corrected chi connectivity index (χ2v) is 4.06. The molecule has 0 aliphatic carbocycles. The standard InChI is InChI=1S/C11H21NO2/c1-4-6-9(2)12-8-5-7-10(12)11(13)14-3/h9-10H,4-8H2,1-3H3. The van der Waals surface area contributed by atoms with Crippen molar-refractivity contribution in [3.8, 4) is 0 Å². The van der Waals surface area contributed by atoms with Crippen molar-refractivity contribution in [1.29, 1.82) is 0 Å². The lowest BCUT2D eigenvalue weighted by Gasteiger charge is -2.28. The third kappa shape index (κ3) is 2.47. The van der Waals surface area contributed by atoms with Crippen molar-refractivity contribution in [2.75, 3.05) is 13.7 Å². The van der Waals surface area contributed by atoms with Crippen molar-refractivity contribution < 1.29 is 9.53 Å². The van der Waals surface area contributed by atoms with Crippen LogP contribution < -0.4 is 0 Å². The van der Waals surface area contributed by atoms with Gasteiger partial charge in [0, 0.05) is 6.04 Å². The van der Waals surface area contributed by atoms with Crippen LogP contribution in [-0.2, 0) is 9.53 Å². The molecule has 14 heavy (non-hydrogen) atoms. The summed E-state index contributed by atoms with van der Waals surface area (Å²) >= 11 is 0. The van der Waals surface area contributed by atoms with Gasteiger partial charge in [0.25, 0.3) is 0 Å². The first-order valence-corrected chi connectivity index (χ1v) is 5.54. The number of carbonyl (C=O) groups excluding carboxylic acids is 1. The van der Waals surface area contributed by atoms with Gasteiger partial charge in [-0.25, -0.2) is 0 Å². The monoisotopic (exact) mass is 199 g/mol. The highest BCUT2D eigenvalue weighted by molar-refractivity contribution is 5.76. The van der Waals surface area contributed by atoms with Gasteiger partial charge >= 0.3 is 5.97 Å². The lowest BCUT2D eigenvalue weighted by Crippen LogP contribution is -2.42. The van der Waals surface area contributed by atoms with E-state index in [9.17, 15) is 4.79 Å². The largest absolute Gasteiger partial charge is 0.468 e. The van der Waals surface area contributed by atoms with Crippen LogP contribution in [0.4, 0.5) is 0 Å². The van der Waals surface area contributed by atoms with Gasteiger partial charge in [0.2, 0.25) is 0 Å². The van der Waals surface area contributed by atoms with Crippen LogP contribution in [0, 0.1) is 0 Å². The first-order valence-electron chi connectivity index (χ1n) is 5.54. The number of likely N-dealkylation sites (tertiary alicyclic amines) is 1. The van der Waals surface area contributed by atoms with Crippen molar-refractivity contribution in [1.82, 2.24) is 4.90 Å². The molecule has 1 rings (SSSR count). The van der Waals surface area contributed by atoms with Crippen LogP contribution in [0.25, 0.3) is 0 Å². The number of hydrogen-bond acceptors (Lipinski definition) is 3. The summed E-state index contributed by atoms with van der Waals surface area (Å²) in [4.78, 5) is 13.8. The predicted molar refractivity (Wildman–Crippen MR) is 56.1 cm³/mol. The summed E-state index contributed by atoms with van der Waals surface area (Å²) in [6.45, 7) is 5.42. The molecule has 1 aliphatic heterocycles. The van der Waals surface area contributed by atoms with E-state index in [1.54, 1.807) is 0 Å². The average molecular weight is 199 g/mol. The van der Waals surface area contributed by atoms with Gasteiger partial charge in [0.1, 0.15) is 6.04 Å². The highest BCUT2D eigenvalue weighted by atomic mass is 16.5. The number of methoxy groups -OCH3 is 1. The van der Waals surface area contributed by atoms with Gasteiger partial charge in [-0.2, -0.15) is 0 Å². The maximum atomic E-state index is 11.5. The van der Waals surface area contributed by atoms with E-state index in [4.69, 9.17) is 4.74 Å². The molecule has 1 fully saturated rings. The fraction of sp³-hybridized carbons (Fsp3) is 0.909. The fourth-order valence-corrected chi connectivity index (χ4v) is 2.29. The molecule has 2 unspecified atom stereocenters. The van der Waals surface area contributed by atoms with Crippen LogP contribution in [0.3, 0.4) is 0 Å². The molecule has 3 nitrogen and oxygen atoms in total. The van der Waals surface area contributed by atoms with Crippen molar-refractivity contribution in [2.45, 2.75) is 51.6 Å². The lowest BCUT2D eigenvalue weighted by molar-refractivity contribution is -0.146. The smallest absolute Gasteiger partial charge is 0.323 e. The Hall–Kier alpha value is -0.570. The van der Waals surface area contributed by atoms with E-state index in [0.717, 1.165) is 25.8 Å². The fourth-order valence-electron chi connectivity index (χ4n) is 2.29. The molecule has 2 atom stereocenters. The molecule has 1 aliphatic rings. The van der Waals surface area contributed by atoms with Gasteiger partial charge in [-0.3, -0.25) is 9.69 Å². The summed E-state index contributed by atoms with van der Waals surface area (Å²) in [5, 5.41) is 0. The normalized spacial score (nSPS) is 24.9. The zero-order chi connectivity index (χ0) is 10.6. The Morgan fingerprint density at radius 2 is 2.36 bits per heavy atom. The molecular formula is C11H21NO2. The molecule has 0 spiro atoms. The van der Waals surface area contributed by atoms with Crippen LogP contribution in [0.5, 0.6) is 0 Å². The molecule has 0 bridgehead atoms. The number of esters is 1. The minimum Gasteiger partial charge on any atom is -0.468 e. The first kappa shape index (κ1) is 11.5. The molecule has 0 amide bonds. The van der Waals surface area contributed by atoms with Gasteiger partial charge in [-0.1, -0.05) is 13.3 Å². The van der Waals surface area contributed by atoms with Gasteiger partial charge in [-0.15, -0.1) is 0 Å². The predicted octanol–water partition coefficient (Wildman–Crippen LogP) is 1.81. The highest BCUT2D eigenvalue weighted by Gasteiger charge is 2.33. The molecule has 82 valence electrons. The molecule has 0 aromatic heterocycles. The van der Waals surface area contributed by atoms with E-state index < -0.39 is 0 Å². The van der Waals surface area contributed by atoms with Crippen LogP contribution in [-0.4, -0.2) is 36.6 Å². The summed E-state index contributed by atoms with van der Waals surface area (Å²) in [5.74, 6) is -0.0644. The van der Waals surface area contributed by atoms with E-state index in [1.165, 1.54) is 13.5 Å². The summed E-state index contributed by atoms with van der Waals surface area (Å²) < 4.78 is 4.81. The molecule has 0 aromatic carbocycles. The second kappa shape index (κ2) is 5.35. The van der Waals surface area contributed by atoms with E-state index in [2.05, 4.69) is 18.7 Å². The average Bonchev–Trinajstić information content (AvgIpc) is 2.65. The van der Waals surface area contributed by atoms with Gasteiger partial charge in [-0.05, 0) is 32.7 Å². The Labute approximate surface area is 86.4 Å². The summed E-state index contributed by atoms with van der Waals surface area (Å²) in [7, 11) is 1.48. The van der Waals surface area contributed by atoms with Crippen molar-refractivity contribution in [2.24, 2.45) is 0 Å². The van der Waals surface area contributed by atoms with Crippen LogP contribution >= 0.6 is 0 Å². The Bertz CT molecular complexity index is 194. The third-order valence-electron chi connectivity index (χ3n) is 3.04. The van der Waals surface area contributed by atoms with E-state index >= 15 is 0 Å². The third-order valence-corrected chi connectivity index (χ3v) is 3.04. The topological polar surface area (TPSA) is 29.5 Å². The number of hydrogen-bond donors (Lipinski definition) is 0. The molecule has 0 N–H and O–H groups in total. The number of rotatable bonds is 4. The van der Waals surface area contributed by atoms with Crippen molar-refractivity contribution in [3.63, 3.8) is 0 Å². The maximum Gasteiger partial charge on any atom is 0.323 e. The Kier molecular flexibility index (Phi) is 4.39. The maximum absolute atomic E-state index is 11.5. The minimum atomic E-state index is -0.0644. The van der Waals surface area contributed by atoms with Gasteiger partial charge in [0.05, 0.1) is 7.11 Å². The molecule has 3 heteroatoms. The Morgan fingerprint density at radius 1 is 1.64 bits per heavy atom. The van der Waals surface area contributed by atoms with Crippen molar-refractivity contribution >= 4 is 5.97 Å².